The summed E-state index contributed by atoms with van der Waals surface area (Å²) in [6.45, 7) is 0.677. The van der Waals surface area contributed by atoms with Crippen molar-refractivity contribution < 1.29 is 4.74 Å². The fourth-order valence-corrected chi connectivity index (χ4v) is 1.64. The van der Waals surface area contributed by atoms with E-state index in [-0.39, 0.29) is 6.01 Å². The summed E-state index contributed by atoms with van der Waals surface area (Å²) < 4.78 is 6.86. The third-order valence-electron chi connectivity index (χ3n) is 1.53. The van der Waals surface area contributed by atoms with E-state index in [0.29, 0.717) is 11.7 Å². The zero-order valence-corrected chi connectivity index (χ0v) is 9.15. The third-order valence-corrected chi connectivity index (χ3v) is 2.33. The van der Waals surface area contributed by atoms with E-state index in [1.165, 1.54) is 11.3 Å². The van der Waals surface area contributed by atoms with Crippen LogP contribution in [0.2, 0.25) is 0 Å². The zero-order chi connectivity index (χ0) is 10.7. The van der Waals surface area contributed by atoms with Crippen LogP contribution in [-0.2, 0) is 13.6 Å². The first-order valence-corrected chi connectivity index (χ1v) is 5.10. The van der Waals surface area contributed by atoms with Gasteiger partial charge >= 0.3 is 11.2 Å². The predicted octanol–water partition coefficient (Wildman–Crippen LogP) is 0.178. The molecule has 2 rings (SSSR count). The lowest BCUT2D eigenvalue weighted by Crippen LogP contribution is -2.04. The summed E-state index contributed by atoms with van der Waals surface area (Å²) in [5.74, 6) is 0. The molecule has 0 spiro atoms. The normalized spacial score (nSPS) is 10.5. The SMILES string of the molecule is CNCc1nnc(Oc2ncn(C)n2)s1. The average molecular weight is 226 g/mol. The van der Waals surface area contributed by atoms with Crippen molar-refractivity contribution in [2.75, 3.05) is 7.05 Å². The summed E-state index contributed by atoms with van der Waals surface area (Å²) in [4.78, 5) is 3.92. The molecule has 0 aliphatic rings. The van der Waals surface area contributed by atoms with Crippen LogP contribution in [0.4, 0.5) is 0 Å². The number of hydrogen-bond donors (Lipinski definition) is 1. The van der Waals surface area contributed by atoms with E-state index < -0.39 is 0 Å². The lowest BCUT2D eigenvalue weighted by molar-refractivity contribution is 0.431. The summed E-state index contributed by atoms with van der Waals surface area (Å²) in [5.41, 5.74) is 0. The van der Waals surface area contributed by atoms with Crippen molar-refractivity contribution in [1.82, 2.24) is 30.3 Å². The van der Waals surface area contributed by atoms with Crippen LogP contribution in [0.1, 0.15) is 5.01 Å². The van der Waals surface area contributed by atoms with Gasteiger partial charge in [-0.1, -0.05) is 16.4 Å². The molecule has 0 unspecified atom stereocenters. The lowest BCUT2D eigenvalue weighted by atomic mass is 10.7. The smallest absolute Gasteiger partial charge is 0.342 e. The van der Waals surface area contributed by atoms with Gasteiger partial charge in [-0.05, 0) is 7.05 Å². The van der Waals surface area contributed by atoms with Gasteiger partial charge in [-0.3, -0.25) is 4.68 Å². The quantitative estimate of drug-likeness (QED) is 0.801. The highest BCUT2D eigenvalue weighted by Crippen LogP contribution is 2.21. The largest absolute Gasteiger partial charge is 0.393 e. The Labute approximate surface area is 90.1 Å². The van der Waals surface area contributed by atoms with Gasteiger partial charge < -0.3 is 10.1 Å². The highest BCUT2D eigenvalue weighted by molar-refractivity contribution is 7.13. The minimum Gasteiger partial charge on any atom is -0.393 e. The van der Waals surface area contributed by atoms with Gasteiger partial charge in [-0.25, -0.2) is 0 Å². The van der Waals surface area contributed by atoms with Crippen molar-refractivity contribution in [2.24, 2.45) is 7.05 Å². The van der Waals surface area contributed by atoms with Gasteiger partial charge in [0.25, 0.3) is 0 Å². The Kier molecular flexibility index (Phi) is 2.88. The molecule has 7 nitrogen and oxygen atoms in total. The Morgan fingerprint density at radius 3 is 3.07 bits per heavy atom. The molecule has 2 aromatic heterocycles. The molecular formula is C7H10N6OS. The topological polar surface area (TPSA) is 77.8 Å². The maximum Gasteiger partial charge on any atom is 0.342 e. The minimum absolute atomic E-state index is 0.282. The first kappa shape index (κ1) is 9.99. The molecule has 0 aromatic carbocycles. The molecule has 8 heteroatoms. The van der Waals surface area contributed by atoms with E-state index >= 15 is 0 Å². The molecule has 1 N–H and O–H groups in total. The molecule has 0 atom stereocenters. The summed E-state index contributed by atoms with van der Waals surface area (Å²) in [5, 5.41) is 16.0. The van der Waals surface area contributed by atoms with Gasteiger partial charge in [0.05, 0.1) is 0 Å². The number of ether oxygens (including phenoxy) is 1. The summed E-state index contributed by atoms with van der Waals surface area (Å²) in [7, 11) is 3.62. The molecule has 2 heterocycles. The lowest BCUT2D eigenvalue weighted by Gasteiger charge is -1.91. The molecule has 0 bridgehead atoms. The molecule has 0 saturated heterocycles. The van der Waals surface area contributed by atoms with Gasteiger partial charge in [-0.2, -0.15) is 4.98 Å². The van der Waals surface area contributed by atoms with Crippen LogP contribution in [0.25, 0.3) is 0 Å². The Morgan fingerprint density at radius 2 is 2.40 bits per heavy atom. The minimum atomic E-state index is 0.282. The molecule has 0 saturated carbocycles. The van der Waals surface area contributed by atoms with E-state index in [4.69, 9.17) is 4.74 Å². The van der Waals surface area contributed by atoms with E-state index in [0.717, 1.165) is 5.01 Å². The first-order chi connectivity index (χ1) is 7.28. The molecular weight excluding hydrogens is 216 g/mol. The van der Waals surface area contributed by atoms with Crippen molar-refractivity contribution in [3.8, 4) is 11.2 Å². The predicted molar refractivity (Wildman–Crippen MR) is 53.7 cm³/mol. The Hall–Kier alpha value is -1.54. The monoisotopic (exact) mass is 226 g/mol. The van der Waals surface area contributed by atoms with Crippen LogP contribution in [0.15, 0.2) is 6.33 Å². The highest BCUT2D eigenvalue weighted by Gasteiger charge is 2.07. The molecule has 0 aliphatic heterocycles. The second-order valence-electron chi connectivity index (χ2n) is 2.79. The van der Waals surface area contributed by atoms with E-state index in [1.807, 2.05) is 7.05 Å². The van der Waals surface area contributed by atoms with Crippen LogP contribution < -0.4 is 10.1 Å². The number of aromatic nitrogens is 5. The second-order valence-corrected chi connectivity index (χ2v) is 3.82. The van der Waals surface area contributed by atoms with E-state index in [9.17, 15) is 0 Å². The third kappa shape index (κ3) is 2.48. The van der Waals surface area contributed by atoms with Gasteiger partial charge in [0.2, 0.25) is 0 Å². The van der Waals surface area contributed by atoms with Crippen LogP contribution in [0.5, 0.6) is 11.2 Å². The fourth-order valence-electron chi connectivity index (χ4n) is 0.946. The van der Waals surface area contributed by atoms with Crippen molar-refractivity contribution >= 4 is 11.3 Å². The first-order valence-electron chi connectivity index (χ1n) is 4.28. The van der Waals surface area contributed by atoms with Crippen LogP contribution in [0.3, 0.4) is 0 Å². The average Bonchev–Trinajstić information content (AvgIpc) is 2.78. The molecule has 0 aliphatic carbocycles. The van der Waals surface area contributed by atoms with Crippen LogP contribution in [-0.4, -0.2) is 32.0 Å². The molecule has 0 fully saturated rings. The number of rotatable bonds is 4. The van der Waals surface area contributed by atoms with Crippen molar-refractivity contribution in [3.63, 3.8) is 0 Å². The van der Waals surface area contributed by atoms with Crippen LogP contribution in [0, 0.1) is 0 Å². The zero-order valence-electron chi connectivity index (χ0n) is 8.34. The van der Waals surface area contributed by atoms with Gasteiger partial charge in [-0.15, -0.1) is 10.2 Å². The van der Waals surface area contributed by atoms with Crippen LogP contribution >= 0.6 is 11.3 Å². The summed E-state index contributed by atoms with van der Waals surface area (Å²) >= 11 is 1.37. The fraction of sp³-hybridized carbons (Fsp3) is 0.429. The number of nitrogens with zero attached hydrogens (tertiary/aromatic N) is 5. The molecule has 15 heavy (non-hydrogen) atoms. The molecule has 2 aromatic rings. The highest BCUT2D eigenvalue weighted by atomic mass is 32.1. The maximum absolute atomic E-state index is 5.30. The van der Waals surface area contributed by atoms with Crippen molar-refractivity contribution in [2.45, 2.75) is 6.54 Å². The second kappa shape index (κ2) is 4.32. The Balaban J connectivity index is 2.04. The summed E-state index contributed by atoms with van der Waals surface area (Å²) in [6.07, 6.45) is 1.56. The van der Waals surface area contributed by atoms with Crippen molar-refractivity contribution in [1.29, 1.82) is 0 Å². The van der Waals surface area contributed by atoms with Gasteiger partial charge in [0.15, 0.2) is 0 Å². The van der Waals surface area contributed by atoms with Crippen molar-refractivity contribution in [3.05, 3.63) is 11.3 Å². The number of nitrogens with one attached hydrogen (secondary N) is 1. The molecule has 80 valence electrons. The maximum atomic E-state index is 5.30. The standard InChI is InChI=1S/C7H10N6OS/c1-8-3-5-10-11-7(15-5)14-6-9-4-13(2)12-6/h4,8H,3H2,1-2H3. The molecule has 0 amide bonds. The van der Waals surface area contributed by atoms with Gasteiger partial charge in [0.1, 0.15) is 11.3 Å². The number of aryl methyl sites for hydroxylation is 1. The van der Waals surface area contributed by atoms with Gasteiger partial charge in [0, 0.05) is 13.6 Å². The van der Waals surface area contributed by atoms with E-state index in [1.54, 1.807) is 18.1 Å². The van der Waals surface area contributed by atoms with E-state index in [2.05, 4.69) is 25.6 Å². The molecule has 0 radical (unpaired) electrons. The summed E-state index contributed by atoms with van der Waals surface area (Å²) in [6, 6.07) is 0.282. The Morgan fingerprint density at radius 1 is 1.53 bits per heavy atom. The number of hydrogen-bond acceptors (Lipinski definition) is 7. The Bertz CT molecular complexity index is 438.